The van der Waals surface area contributed by atoms with Gasteiger partial charge in [0, 0.05) is 24.7 Å². The van der Waals surface area contributed by atoms with Gasteiger partial charge in [-0.05, 0) is 43.3 Å². The highest BCUT2D eigenvalue weighted by Gasteiger charge is 2.31. The van der Waals surface area contributed by atoms with Crippen LogP contribution >= 0.6 is 0 Å². The summed E-state index contributed by atoms with van der Waals surface area (Å²) in [7, 11) is -2.76. The van der Waals surface area contributed by atoms with Gasteiger partial charge < -0.3 is 5.21 Å². The zero-order valence-electron chi connectivity index (χ0n) is 19.8. The average Bonchev–Trinajstić information content (AvgIpc) is 3.12. The lowest BCUT2D eigenvalue weighted by Crippen LogP contribution is -2.99. The van der Waals surface area contributed by atoms with E-state index in [9.17, 15) is 23.2 Å². The molecule has 0 amide bonds. The standard InChI is InChI=1S/C25H23N5O6S/c1-17-22(25(32)29(28(17)2)19-9-5-3-6-10-19)26-27-24(37(35,36)21-11-7-4-8-12-21)23(31)18-13-15-20(16-14-18)30(33)34/h3-16,26,30,33H,1-2H3. The van der Waals surface area contributed by atoms with Crippen LogP contribution in [0.1, 0.15) is 16.1 Å². The molecule has 0 aliphatic carbocycles. The number of rotatable bonds is 7. The number of aromatic nitrogens is 2. The van der Waals surface area contributed by atoms with Crippen molar-refractivity contribution in [3.05, 3.63) is 112 Å². The third-order valence-corrected chi connectivity index (χ3v) is 7.40. The van der Waals surface area contributed by atoms with Crippen LogP contribution in [0.3, 0.4) is 0 Å². The van der Waals surface area contributed by atoms with E-state index < -0.39 is 31.5 Å². The van der Waals surface area contributed by atoms with Crippen molar-refractivity contribution in [1.29, 1.82) is 0 Å². The van der Waals surface area contributed by atoms with Crippen molar-refractivity contribution in [2.45, 2.75) is 11.8 Å². The molecule has 1 heterocycles. The van der Waals surface area contributed by atoms with Crippen molar-refractivity contribution in [3.8, 4) is 5.69 Å². The van der Waals surface area contributed by atoms with Gasteiger partial charge in [0.15, 0.2) is 5.69 Å². The minimum absolute atomic E-state index is 0.0128. The Labute approximate surface area is 211 Å². The number of sulfone groups is 1. The van der Waals surface area contributed by atoms with Crippen LogP contribution in [0.4, 0.5) is 11.4 Å². The maximum atomic E-state index is 13.4. The molecular weight excluding hydrogens is 498 g/mol. The first kappa shape index (κ1) is 25.7. The summed E-state index contributed by atoms with van der Waals surface area (Å²) in [5, 5.41) is 22.2. The van der Waals surface area contributed by atoms with Gasteiger partial charge >= 0.3 is 0 Å². The van der Waals surface area contributed by atoms with Gasteiger partial charge in [0.25, 0.3) is 5.56 Å². The van der Waals surface area contributed by atoms with Crippen molar-refractivity contribution in [1.82, 2.24) is 9.36 Å². The number of hydrogen-bond donors (Lipinski definition) is 3. The van der Waals surface area contributed by atoms with Gasteiger partial charge in [-0.25, -0.2) is 18.3 Å². The van der Waals surface area contributed by atoms with E-state index in [1.54, 1.807) is 49.0 Å². The molecule has 0 bridgehead atoms. The summed E-state index contributed by atoms with van der Waals surface area (Å²) < 4.78 is 29.8. The molecule has 0 fully saturated rings. The van der Waals surface area contributed by atoms with E-state index >= 15 is 0 Å². The maximum absolute atomic E-state index is 13.4. The first-order chi connectivity index (χ1) is 17.6. The third kappa shape index (κ3) is 4.99. The van der Waals surface area contributed by atoms with Crippen molar-refractivity contribution >= 4 is 32.0 Å². The minimum atomic E-state index is -4.42. The van der Waals surface area contributed by atoms with E-state index in [-0.39, 0.29) is 21.8 Å². The molecule has 0 aliphatic heterocycles. The van der Waals surface area contributed by atoms with Crippen LogP contribution in [0, 0.1) is 12.1 Å². The molecule has 0 saturated heterocycles. The van der Waals surface area contributed by atoms with Gasteiger partial charge in [-0.1, -0.05) is 36.4 Å². The Morgan fingerprint density at radius 1 is 0.973 bits per heavy atom. The maximum Gasteiger partial charge on any atom is 0.296 e. The van der Waals surface area contributed by atoms with E-state index in [1.807, 2.05) is 6.07 Å². The molecule has 4 aromatic rings. The number of nitrogens with zero attached hydrogens (tertiary/aromatic N) is 3. The fraction of sp³-hybridized carbons (Fsp3) is 0.0800. The summed E-state index contributed by atoms with van der Waals surface area (Å²) in [4.78, 5) is 26.4. The predicted molar refractivity (Wildman–Crippen MR) is 137 cm³/mol. The molecule has 1 unspecified atom stereocenters. The zero-order valence-corrected chi connectivity index (χ0v) is 20.6. The molecule has 3 aromatic carbocycles. The molecule has 0 spiro atoms. The van der Waals surface area contributed by atoms with E-state index in [2.05, 4.69) is 10.5 Å². The first-order valence-corrected chi connectivity index (χ1v) is 12.5. The average molecular weight is 522 g/mol. The van der Waals surface area contributed by atoms with E-state index in [1.165, 1.54) is 53.2 Å². The van der Waals surface area contributed by atoms with Crippen LogP contribution in [0.2, 0.25) is 0 Å². The molecule has 1 aromatic heterocycles. The highest BCUT2D eigenvalue weighted by molar-refractivity contribution is 8.08. The molecule has 3 N–H and O–H groups in total. The Hall–Kier alpha value is -4.36. The first-order valence-electron chi connectivity index (χ1n) is 11.0. The number of quaternary nitrogens is 1. The van der Waals surface area contributed by atoms with Gasteiger partial charge in [0.1, 0.15) is 5.69 Å². The molecule has 4 rings (SSSR count). The Morgan fingerprint density at radius 3 is 2.11 bits per heavy atom. The second-order valence-electron chi connectivity index (χ2n) is 7.99. The topological polar surface area (TPSA) is 150 Å². The fourth-order valence-electron chi connectivity index (χ4n) is 3.64. The number of carbonyl (C=O) groups excluding carboxylic acids is 1. The molecule has 0 radical (unpaired) electrons. The van der Waals surface area contributed by atoms with Gasteiger partial charge in [-0.3, -0.25) is 19.7 Å². The van der Waals surface area contributed by atoms with Crippen LogP contribution in [0.5, 0.6) is 0 Å². The number of ketones is 1. The lowest BCUT2D eigenvalue weighted by Gasteiger charge is -2.12. The summed E-state index contributed by atoms with van der Waals surface area (Å²) in [6.07, 6.45) is 0. The summed E-state index contributed by atoms with van der Waals surface area (Å²) in [6.45, 7) is 1.65. The van der Waals surface area contributed by atoms with E-state index in [0.717, 1.165) is 0 Å². The molecule has 11 nitrogen and oxygen atoms in total. The van der Waals surface area contributed by atoms with Crippen LogP contribution < -0.4 is 16.2 Å². The van der Waals surface area contributed by atoms with Gasteiger partial charge in [0.2, 0.25) is 20.7 Å². The second-order valence-corrected chi connectivity index (χ2v) is 9.86. The Balaban J connectivity index is 1.81. The summed E-state index contributed by atoms with van der Waals surface area (Å²) in [6, 6.07) is 20.9. The lowest BCUT2D eigenvalue weighted by molar-refractivity contribution is -0.991. The quantitative estimate of drug-likeness (QED) is 0.146. The number of Topliss-reactive ketones (excluding diaryl/α,β-unsaturated/α-hetero) is 1. The number of hydrogen-bond acceptors (Lipinski definition) is 8. The molecule has 12 heteroatoms. The highest BCUT2D eigenvalue weighted by Crippen LogP contribution is 2.19. The van der Waals surface area contributed by atoms with Crippen molar-refractivity contribution in [2.24, 2.45) is 12.1 Å². The predicted octanol–water partition coefficient (Wildman–Crippen LogP) is 1.97. The molecule has 0 aliphatic rings. The normalized spacial score (nSPS) is 12.8. The van der Waals surface area contributed by atoms with E-state index in [4.69, 9.17) is 5.21 Å². The lowest BCUT2D eigenvalue weighted by atomic mass is 10.1. The van der Waals surface area contributed by atoms with Crippen LogP contribution in [0.15, 0.2) is 99.7 Å². The largest absolute Gasteiger partial charge is 0.595 e. The molecule has 37 heavy (non-hydrogen) atoms. The van der Waals surface area contributed by atoms with Crippen molar-refractivity contribution < 1.29 is 23.6 Å². The van der Waals surface area contributed by atoms with Crippen molar-refractivity contribution in [3.63, 3.8) is 0 Å². The number of para-hydroxylation sites is 1. The Morgan fingerprint density at radius 2 is 1.54 bits per heavy atom. The van der Waals surface area contributed by atoms with Crippen LogP contribution in [-0.2, 0) is 16.9 Å². The highest BCUT2D eigenvalue weighted by atomic mass is 32.2. The second kappa shape index (κ2) is 10.3. The SMILES string of the molecule is Cc1c(NN=C(C(=O)c2ccc([NH+]([O-])O)cc2)S(=O)(=O)c2ccccc2)c(=O)n(-c2ccccc2)n1C. The molecule has 0 saturated carbocycles. The minimum Gasteiger partial charge on any atom is -0.595 e. The van der Waals surface area contributed by atoms with Crippen LogP contribution in [0.25, 0.3) is 5.69 Å². The monoisotopic (exact) mass is 521 g/mol. The number of hydrazone groups is 1. The fourth-order valence-corrected chi connectivity index (χ4v) is 4.90. The summed E-state index contributed by atoms with van der Waals surface area (Å²) in [5.74, 6) is -0.967. The van der Waals surface area contributed by atoms with Gasteiger partial charge in [0.05, 0.1) is 16.3 Å². The summed E-state index contributed by atoms with van der Waals surface area (Å²) >= 11 is 0. The Bertz CT molecular complexity index is 1620. The van der Waals surface area contributed by atoms with Crippen LogP contribution in [-0.4, -0.2) is 33.8 Å². The zero-order chi connectivity index (χ0) is 26.7. The number of anilines is 1. The van der Waals surface area contributed by atoms with Gasteiger partial charge in [-0.2, -0.15) is 10.3 Å². The van der Waals surface area contributed by atoms with Gasteiger partial charge in [-0.15, -0.1) is 0 Å². The smallest absolute Gasteiger partial charge is 0.296 e. The molecule has 190 valence electrons. The third-order valence-electron chi connectivity index (χ3n) is 5.72. The number of carbonyl (C=O) groups is 1. The summed E-state index contributed by atoms with van der Waals surface area (Å²) in [5.41, 5.74) is 2.88. The number of nitrogens with one attached hydrogen (secondary N) is 2. The van der Waals surface area contributed by atoms with E-state index in [0.29, 0.717) is 11.4 Å². The Kier molecular flexibility index (Phi) is 7.18. The van der Waals surface area contributed by atoms with Crippen molar-refractivity contribution in [2.75, 3.05) is 5.43 Å². The molecule has 1 atom stereocenters. The molecular formula is C25H23N5O6S. The number of benzene rings is 3.